The Labute approximate surface area is 120 Å². The lowest BCUT2D eigenvalue weighted by molar-refractivity contribution is 0.0626. The van der Waals surface area contributed by atoms with E-state index in [1.54, 1.807) is 6.20 Å². The Bertz CT molecular complexity index is 494. The minimum Gasteiger partial charge on any atom is -0.383 e. The summed E-state index contributed by atoms with van der Waals surface area (Å²) < 4.78 is 0. The third-order valence-corrected chi connectivity index (χ3v) is 4.98. The minimum atomic E-state index is -0.307. The Morgan fingerprint density at radius 3 is 2.50 bits per heavy atom. The number of Topliss-reactive ketones (excluding diaryl/α,β-unsaturated/α-hetero) is 1. The second-order valence-electron chi connectivity index (χ2n) is 6.15. The van der Waals surface area contributed by atoms with E-state index >= 15 is 0 Å². The number of carbonyl (C=O) groups is 1. The minimum absolute atomic E-state index is 0.208. The van der Waals surface area contributed by atoms with Crippen molar-refractivity contribution >= 4 is 11.6 Å². The number of carbonyl (C=O) groups excluding carboxylic acids is 1. The molecule has 2 N–H and O–H groups in total. The summed E-state index contributed by atoms with van der Waals surface area (Å²) in [6.07, 6.45) is 8.31. The van der Waals surface area contributed by atoms with Crippen molar-refractivity contribution in [3.63, 3.8) is 0 Å². The van der Waals surface area contributed by atoms with E-state index in [2.05, 4.69) is 9.88 Å². The quantitative estimate of drug-likeness (QED) is 0.860. The first kappa shape index (κ1) is 13.6. The molecule has 0 bridgehead atoms. The van der Waals surface area contributed by atoms with Gasteiger partial charge < -0.3 is 5.73 Å². The second kappa shape index (κ2) is 5.17. The number of nitrogens with two attached hydrogens (primary N) is 1. The molecule has 0 unspecified atom stereocenters. The van der Waals surface area contributed by atoms with Gasteiger partial charge in [-0.15, -0.1) is 0 Å². The fourth-order valence-electron chi connectivity index (χ4n) is 3.90. The molecule has 1 saturated heterocycles. The van der Waals surface area contributed by atoms with Crippen molar-refractivity contribution in [1.82, 2.24) is 9.88 Å². The van der Waals surface area contributed by atoms with Gasteiger partial charge in [-0.05, 0) is 57.3 Å². The van der Waals surface area contributed by atoms with Gasteiger partial charge >= 0.3 is 0 Å². The fourth-order valence-corrected chi connectivity index (χ4v) is 3.90. The largest absolute Gasteiger partial charge is 0.383 e. The van der Waals surface area contributed by atoms with Crippen LogP contribution in [0.5, 0.6) is 0 Å². The summed E-state index contributed by atoms with van der Waals surface area (Å²) >= 11 is 0. The summed E-state index contributed by atoms with van der Waals surface area (Å²) in [6, 6.07) is 1.89. The highest BCUT2D eigenvalue weighted by atomic mass is 16.1. The molecule has 4 nitrogen and oxygen atoms in total. The van der Waals surface area contributed by atoms with Gasteiger partial charge in [0, 0.05) is 6.20 Å². The molecule has 1 saturated carbocycles. The van der Waals surface area contributed by atoms with Crippen LogP contribution >= 0.6 is 0 Å². The average molecular weight is 273 g/mol. The van der Waals surface area contributed by atoms with Crippen molar-refractivity contribution in [1.29, 1.82) is 0 Å². The maximum absolute atomic E-state index is 13.2. The smallest absolute Gasteiger partial charge is 0.187 e. The second-order valence-corrected chi connectivity index (χ2v) is 6.15. The van der Waals surface area contributed by atoms with Crippen LogP contribution in [0.2, 0.25) is 0 Å². The normalized spacial score (nSPS) is 22.2. The van der Waals surface area contributed by atoms with Crippen molar-refractivity contribution in [2.45, 2.75) is 51.0 Å². The van der Waals surface area contributed by atoms with E-state index < -0.39 is 0 Å². The molecule has 4 heteroatoms. The molecule has 0 amide bonds. The van der Waals surface area contributed by atoms with Crippen LogP contribution in [0.25, 0.3) is 0 Å². The van der Waals surface area contributed by atoms with Gasteiger partial charge in [-0.3, -0.25) is 9.69 Å². The lowest BCUT2D eigenvalue weighted by Crippen LogP contribution is -2.51. The van der Waals surface area contributed by atoms with E-state index in [0.717, 1.165) is 44.3 Å². The molecule has 0 atom stereocenters. The summed E-state index contributed by atoms with van der Waals surface area (Å²) in [4.78, 5) is 19.8. The Kier molecular flexibility index (Phi) is 3.50. The SMILES string of the molecule is Cc1ccnc(N)c1C(=O)C1(N2CCCC2)CCCC1. The molecule has 0 radical (unpaired) electrons. The van der Waals surface area contributed by atoms with E-state index in [1.807, 2.05) is 13.0 Å². The maximum Gasteiger partial charge on any atom is 0.187 e. The number of aryl methyl sites for hydroxylation is 1. The number of nitrogens with zero attached hydrogens (tertiary/aromatic N) is 2. The molecule has 0 spiro atoms. The van der Waals surface area contributed by atoms with Crippen LogP contribution in [0, 0.1) is 6.92 Å². The molecule has 1 aromatic rings. The first-order valence-electron chi connectivity index (χ1n) is 7.66. The molecule has 20 heavy (non-hydrogen) atoms. The molecule has 2 heterocycles. The Morgan fingerprint density at radius 1 is 1.25 bits per heavy atom. The van der Waals surface area contributed by atoms with Gasteiger partial charge in [0.1, 0.15) is 5.82 Å². The Balaban J connectivity index is 2.01. The summed E-state index contributed by atoms with van der Waals surface area (Å²) in [5.74, 6) is 0.598. The number of pyridine rings is 1. The first-order chi connectivity index (χ1) is 9.65. The van der Waals surface area contributed by atoms with Crippen LogP contribution in [0.4, 0.5) is 5.82 Å². The van der Waals surface area contributed by atoms with Crippen molar-refractivity contribution in [2.24, 2.45) is 0 Å². The van der Waals surface area contributed by atoms with Gasteiger partial charge in [-0.25, -0.2) is 4.98 Å². The van der Waals surface area contributed by atoms with Gasteiger partial charge in [0.15, 0.2) is 5.78 Å². The first-order valence-corrected chi connectivity index (χ1v) is 7.66. The van der Waals surface area contributed by atoms with Gasteiger partial charge in [0.05, 0.1) is 11.1 Å². The summed E-state index contributed by atoms with van der Waals surface area (Å²) in [5.41, 5.74) is 7.30. The summed E-state index contributed by atoms with van der Waals surface area (Å²) in [7, 11) is 0. The van der Waals surface area contributed by atoms with Crippen molar-refractivity contribution in [3.05, 3.63) is 23.4 Å². The van der Waals surface area contributed by atoms with Crippen LogP contribution in [-0.2, 0) is 0 Å². The topological polar surface area (TPSA) is 59.2 Å². The monoisotopic (exact) mass is 273 g/mol. The molecule has 2 fully saturated rings. The number of hydrogen-bond acceptors (Lipinski definition) is 4. The molecule has 2 aliphatic rings. The number of nitrogen functional groups attached to an aromatic ring is 1. The lowest BCUT2D eigenvalue weighted by Gasteiger charge is -2.37. The number of anilines is 1. The summed E-state index contributed by atoms with van der Waals surface area (Å²) in [6.45, 7) is 4.05. The van der Waals surface area contributed by atoms with Crippen molar-refractivity contribution < 1.29 is 4.79 Å². The zero-order chi connectivity index (χ0) is 14.2. The highest BCUT2D eigenvalue weighted by Crippen LogP contribution is 2.41. The Morgan fingerprint density at radius 2 is 1.90 bits per heavy atom. The van der Waals surface area contributed by atoms with Crippen LogP contribution in [0.3, 0.4) is 0 Å². The van der Waals surface area contributed by atoms with E-state index in [9.17, 15) is 4.79 Å². The number of likely N-dealkylation sites (tertiary alicyclic amines) is 1. The van der Waals surface area contributed by atoms with Crippen LogP contribution < -0.4 is 5.73 Å². The van der Waals surface area contributed by atoms with E-state index in [0.29, 0.717) is 11.4 Å². The molecular formula is C16H23N3O. The Hall–Kier alpha value is -1.42. The van der Waals surface area contributed by atoms with Crippen LogP contribution in [0.1, 0.15) is 54.4 Å². The maximum atomic E-state index is 13.2. The molecule has 1 aromatic heterocycles. The zero-order valence-electron chi connectivity index (χ0n) is 12.2. The predicted molar refractivity (Wildman–Crippen MR) is 79.7 cm³/mol. The molecule has 1 aliphatic carbocycles. The highest BCUT2D eigenvalue weighted by molar-refractivity contribution is 6.07. The van der Waals surface area contributed by atoms with Crippen LogP contribution in [0.15, 0.2) is 12.3 Å². The van der Waals surface area contributed by atoms with E-state index in [4.69, 9.17) is 5.73 Å². The van der Waals surface area contributed by atoms with Crippen LogP contribution in [-0.4, -0.2) is 34.3 Å². The van der Waals surface area contributed by atoms with E-state index in [1.165, 1.54) is 12.8 Å². The van der Waals surface area contributed by atoms with Gasteiger partial charge in [-0.2, -0.15) is 0 Å². The third-order valence-electron chi connectivity index (χ3n) is 4.98. The molecule has 0 aromatic carbocycles. The molecule has 3 rings (SSSR count). The fraction of sp³-hybridized carbons (Fsp3) is 0.625. The van der Waals surface area contributed by atoms with Crippen molar-refractivity contribution in [3.8, 4) is 0 Å². The number of ketones is 1. The summed E-state index contributed by atoms with van der Waals surface area (Å²) in [5, 5.41) is 0. The molecule has 1 aliphatic heterocycles. The number of aromatic nitrogens is 1. The zero-order valence-corrected chi connectivity index (χ0v) is 12.2. The van der Waals surface area contributed by atoms with Gasteiger partial charge in [0.2, 0.25) is 0 Å². The average Bonchev–Trinajstić information content (AvgIpc) is 3.10. The van der Waals surface area contributed by atoms with Crippen molar-refractivity contribution in [2.75, 3.05) is 18.8 Å². The lowest BCUT2D eigenvalue weighted by atomic mass is 9.84. The molecule has 108 valence electrons. The van der Waals surface area contributed by atoms with Gasteiger partial charge in [-0.1, -0.05) is 12.8 Å². The third kappa shape index (κ3) is 2.03. The van der Waals surface area contributed by atoms with E-state index in [-0.39, 0.29) is 11.3 Å². The highest BCUT2D eigenvalue weighted by Gasteiger charge is 2.47. The molecular weight excluding hydrogens is 250 g/mol. The number of hydrogen-bond donors (Lipinski definition) is 1. The predicted octanol–water partition coefficient (Wildman–Crippen LogP) is 2.56. The number of rotatable bonds is 3. The standard InChI is InChI=1S/C16H23N3O/c1-12-6-9-18-15(17)13(12)14(20)16(7-2-3-8-16)19-10-4-5-11-19/h6,9H,2-5,7-8,10-11H2,1H3,(H2,17,18). The van der Waals surface area contributed by atoms with Gasteiger partial charge in [0.25, 0.3) is 0 Å².